The predicted molar refractivity (Wildman–Crippen MR) is 33.4 cm³/mol. The second-order valence-corrected chi connectivity index (χ2v) is 3.06. The van der Waals surface area contributed by atoms with Crippen LogP contribution in [0, 0.1) is 5.92 Å². The highest BCUT2D eigenvalue weighted by Gasteiger charge is 2.44. The van der Waals surface area contributed by atoms with E-state index in [9.17, 15) is 17.6 Å². The smallest absolute Gasteiger partial charge is 0.165 e. The molecule has 0 aromatic rings. The van der Waals surface area contributed by atoms with Gasteiger partial charge in [-0.15, -0.1) is 0 Å². The molecular formula is C7H10F4. The lowest BCUT2D eigenvalue weighted by atomic mass is 9.85. The first-order valence-electron chi connectivity index (χ1n) is 3.60. The van der Waals surface area contributed by atoms with Crippen molar-refractivity contribution >= 4 is 0 Å². The number of rotatable bonds is 0. The van der Waals surface area contributed by atoms with Gasteiger partial charge in [0.2, 0.25) is 0 Å². The Kier molecular flexibility index (Phi) is 2.40. The molecule has 0 aromatic carbocycles. The van der Waals surface area contributed by atoms with Crippen molar-refractivity contribution in [2.24, 2.45) is 5.92 Å². The standard InChI is InChI=1S/C7H10F4/c1-3-2-4(8)6(10)7(11)5(3)9/h3-7H,2H2,1H3. The molecule has 66 valence electrons. The fourth-order valence-electron chi connectivity index (χ4n) is 1.30. The molecule has 0 saturated heterocycles. The summed E-state index contributed by atoms with van der Waals surface area (Å²) in [6.07, 6.45) is -8.47. The topological polar surface area (TPSA) is 0 Å². The molecule has 0 bridgehead atoms. The molecule has 5 unspecified atom stereocenters. The van der Waals surface area contributed by atoms with E-state index in [1.165, 1.54) is 6.92 Å². The van der Waals surface area contributed by atoms with E-state index in [4.69, 9.17) is 0 Å². The van der Waals surface area contributed by atoms with Crippen molar-refractivity contribution in [3.8, 4) is 0 Å². The minimum Gasteiger partial charge on any atom is -0.244 e. The van der Waals surface area contributed by atoms with Crippen LogP contribution in [0.15, 0.2) is 0 Å². The van der Waals surface area contributed by atoms with Crippen molar-refractivity contribution in [3.05, 3.63) is 0 Å². The predicted octanol–water partition coefficient (Wildman–Crippen LogP) is 2.38. The van der Waals surface area contributed by atoms with Gasteiger partial charge in [-0.05, 0) is 12.3 Å². The van der Waals surface area contributed by atoms with Crippen LogP contribution >= 0.6 is 0 Å². The van der Waals surface area contributed by atoms with Crippen molar-refractivity contribution < 1.29 is 17.6 Å². The van der Waals surface area contributed by atoms with Crippen molar-refractivity contribution in [1.29, 1.82) is 0 Å². The van der Waals surface area contributed by atoms with Gasteiger partial charge in [0.25, 0.3) is 0 Å². The Morgan fingerprint density at radius 2 is 1.45 bits per heavy atom. The van der Waals surface area contributed by atoms with E-state index in [0.717, 1.165) is 0 Å². The van der Waals surface area contributed by atoms with Crippen LogP contribution in [0.5, 0.6) is 0 Å². The van der Waals surface area contributed by atoms with Crippen LogP contribution in [-0.2, 0) is 0 Å². The summed E-state index contributed by atoms with van der Waals surface area (Å²) in [7, 11) is 0. The molecule has 0 aliphatic heterocycles. The lowest BCUT2D eigenvalue weighted by Gasteiger charge is -2.31. The van der Waals surface area contributed by atoms with Gasteiger partial charge in [0.15, 0.2) is 12.3 Å². The van der Waals surface area contributed by atoms with Crippen LogP contribution < -0.4 is 0 Å². The third kappa shape index (κ3) is 1.49. The van der Waals surface area contributed by atoms with Crippen LogP contribution in [0.1, 0.15) is 13.3 Å². The normalized spacial score (nSPS) is 52.6. The first kappa shape index (κ1) is 8.81. The van der Waals surface area contributed by atoms with Gasteiger partial charge in [0.05, 0.1) is 0 Å². The summed E-state index contributed by atoms with van der Waals surface area (Å²) in [5.74, 6) is -0.716. The SMILES string of the molecule is CC1CC(F)C(F)C(F)C1F. The van der Waals surface area contributed by atoms with Gasteiger partial charge in [0.1, 0.15) is 12.3 Å². The Labute approximate surface area is 62.6 Å². The fourth-order valence-corrected chi connectivity index (χ4v) is 1.30. The summed E-state index contributed by atoms with van der Waals surface area (Å²) in [4.78, 5) is 0. The molecule has 0 spiro atoms. The zero-order valence-corrected chi connectivity index (χ0v) is 6.11. The molecule has 4 heteroatoms. The number of hydrogen-bond donors (Lipinski definition) is 0. The number of alkyl halides is 4. The van der Waals surface area contributed by atoms with E-state index < -0.39 is 30.6 Å². The van der Waals surface area contributed by atoms with E-state index >= 15 is 0 Å². The summed E-state index contributed by atoms with van der Waals surface area (Å²) >= 11 is 0. The number of hydrogen-bond acceptors (Lipinski definition) is 0. The molecule has 1 aliphatic rings. The summed E-state index contributed by atoms with van der Waals surface area (Å²) < 4.78 is 50.0. The first-order valence-corrected chi connectivity index (χ1v) is 3.60. The van der Waals surface area contributed by atoms with E-state index in [1.807, 2.05) is 0 Å². The minimum absolute atomic E-state index is 0.219. The van der Waals surface area contributed by atoms with Gasteiger partial charge in [-0.25, -0.2) is 17.6 Å². The van der Waals surface area contributed by atoms with Gasteiger partial charge in [-0.3, -0.25) is 0 Å². The van der Waals surface area contributed by atoms with Crippen molar-refractivity contribution in [2.75, 3.05) is 0 Å². The third-order valence-electron chi connectivity index (χ3n) is 2.09. The van der Waals surface area contributed by atoms with Crippen LogP contribution in [0.2, 0.25) is 0 Å². The summed E-state index contributed by atoms with van der Waals surface area (Å²) in [6, 6.07) is 0. The molecule has 5 atom stereocenters. The lowest BCUT2D eigenvalue weighted by Crippen LogP contribution is -2.44. The Morgan fingerprint density at radius 1 is 0.909 bits per heavy atom. The Balaban J connectivity index is 2.63. The fraction of sp³-hybridized carbons (Fsp3) is 1.00. The average Bonchev–Trinajstić information content (AvgIpc) is 1.97. The van der Waals surface area contributed by atoms with Gasteiger partial charge < -0.3 is 0 Å². The van der Waals surface area contributed by atoms with Gasteiger partial charge in [-0.1, -0.05) is 6.92 Å². The van der Waals surface area contributed by atoms with Crippen molar-refractivity contribution in [1.82, 2.24) is 0 Å². The average molecular weight is 170 g/mol. The Hall–Kier alpha value is -0.280. The molecule has 1 fully saturated rings. The molecule has 0 heterocycles. The Morgan fingerprint density at radius 3 is 2.00 bits per heavy atom. The molecule has 1 rings (SSSR count). The largest absolute Gasteiger partial charge is 0.244 e. The summed E-state index contributed by atoms with van der Waals surface area (Å²) in [5, 5.41) is 0. The summed E-state index contributed by atoms with van der Waals surface area (Å²) in [5.41, 5.74) is 0. The second-order valence-electron chi connectivity index (χ2n) is 3.06. The maximum Gasteiger partial charge on any atom is 0.165 e. The zero-order valence-electron chi connectivity index (χ0n) is 6.11. The monoisotopic (exact) mass is 170 g/mol. The van der Waals surface area contributed by atoms with Gasteiger partial charge in [-0.2, -0.15) is 0 Å². The van der Waals surface area contributed by atoms with E-state index in [0.29, 0.717) is 0 Å². The number of halogens is 4. The van der Waals surface area contributed by atoms with Gasteiger partial charge in [0, 0.05) is 0 Å². The van der Waals surface area contributed by atoms with E-state index in [2.05, 4.69) is 0 Å². The molecule has 0 radical (unpaired) electrons. The van der Waals surface area contributed by atoms with Crippen LogP contribution in [0.3, 0.4) is 0 Å². The maximum atomic E-state index is 12.6. The second kappa shape index (κ2) is 2.99. The highest BCUT2D eigenvalue weighted by molar-refractivity contribution is 4.91. The highest BCUT2D eigenvalue weighted by Crippen LogP contribution is 2.33. The molecule has 0 nitrogen and oxygen atoms in total. The molecule has 0 aromatic heterocycles. The first-order chi connectivity index (χ1) is 5.04. The minimum atomic E-state index is -2.28. The quantitative estimate of drug-likeness (QED) is 0.489. The molecule has 11 heavy (non-hydrogen) atoms. The zero-order chi connectivity index (χ0) is 8.59. The maximum absolute atomic E-state index is 12.6. The molecule has 1 saturated carbocycles. The van der Waals surface area contributed by atoms with Crippen molar-refractivity contribution in [2.45, 2.75) is 38.0 Å². The highest BCUT2D eigenvalue weighted by atomic mass is 19.2. The third-order valence-corrected chi connectivity index (χ3v) is 2.09. The van der Waals surface area contributed by atoms with E-state index in [1.54, 1.807) is 0 Å². The van der Waals surface area contributed by atoms with Crippen LogP contribution in [0.4, 0.5) is 17.6 Å². The van der Waals surface area contributed by atoms with Crippen LogP contribution in [0.25, 0.3) is 0 Å². The lowest BCUT2D eigenvalue weighted by molar-refractivity contribution is -0.0358. The van der Waals surface area contributed by atoms with E-state index in [-0.39, 0.29) is 6.42 Å². The van der Waals surface area contributed by atoms with Crippen molar-refractivity contribution in [3.63, 3.8) is 0 Å². The van der Waals surface area contributed by atoms with Gasteiger partial charge >= 0.3 is 0 Å². The molecular weight excluding hydrogens is 160 g/mol. The molecule has 0 N–H and O–H groups in total. The summed E-state index contributed by atoms with van der Waals surface area (Å²) in [6.45, 7) is 1.38. The van der Waals surface area contributed by atoms with Crippen LogP contribution in [-0.4, -0.2) is 24.7 Å². The molecule has 0 amide bonds. The Bertz CT molecular complexity index is 124. The molecule has 1 aliphatic carbocycles.